The van der Waals surface area contributed by atoms with Crippen LogP contribution in [0.5, 0.6) is 11.5 Å². The Bertz CT molecular complexity index is 979. The summed E-state index contributed by atoms with van der Waals surface area (Å²) < 4.78 is 17.0. The Balaban J connectivity index is 1.60. The Morgan fingerprint density at radius 2 is 1.93 bits per heavy atom. The summed E-state index contributed by atoms with van der Waals surface area (Å²) in [7, 11) is 1.62. The summed E-state index contributed by atoms with van der Waals surface area (Å²) in [4.78, 5) is 12.6. The van der Waals surface area contributed by atoms with Gasteiger partial charge >= 0.3 is 0 Å². The van der Waals surface area contributed by atoms with Crippen LogP contribution in [0.2, 0.25) is 0 Å². The molecular formula is C22H23BrN2O4. The van der Waals surface area contributed by atoms with Gasteiger partial charge in [-0.2, -0.15) is 0 Å². The predicted molar refractivity (Wildman–Crippen MR) is 113 cm³/mol. The fourth-order valence-electron chi connectivity index (χ4n) is 2.88. The van der Waals surface area contributed by atoms with Gasteiger partial charge in [-0.3, -0.25) is 4.79 Å². The topological polar surface area (TPSA) is 73.6 Å². The number of nitrogens with one attached hydrogen (secondary N) is 1. The minimum absolute atomic E-state index is 0.151. The quantitative estimate of drug-likeness (QED) is 0.530. The number of hydrogen-bond acceptors (Lipinski definition) is 5. The number of ether oxygens (including phenoxy) is 2. The number of nitrogens with zero attached hydrogens (tertiary/aromatic N) is 1. The molecule has 1 amide bonds. The molecule has 152 valence electrons. The highest BCUT2D eigenvalue weighted by atomic mass is 79.9. The third kappa shape index (κ3) is 4.98. The molecule has 1 heterocycles. The molecule has 6 nitrogen and oxygen atoms in total. The van der Waals surface area contributed by atoms with E-state index in [0.29, 0.717) is 17.9 Å². The molecule has 0 aliphatic carbocycles. The van der Waals surface area contributed by atoms with Crippen LogP contribution in [0.25, 0.3) is 0 Å². The van der Waals surface area contributed by atoms with Crippen LogP contribution in [0.3, 0.4) is 0 Å². The molecule has 0 fully saturated rings. The summed E-state index contributed by atoms with van der Waals surface area (Å²) in [5.41, 5.74) is 3.29. The molecule has 1 atom stereocenters. The minimum Gasteiger partial charge on any atom is -0.496 e. The molecule has 1 unspecified atom stereocenters. The number of aromatic nitrogens is 1. The van der Waals surface area contributed by atoms with Gasteiger partial charge in [-0.15, -0.1) is 0 Å². The SMILES string of the molecule is COc1ccc(C(C)NC(=O)c2ccc(OCc3c(C)noc3C)cc2)cc1Br. The second-order valence-electron chi connectivity index (χ2n) is 6.70. The van der Waals surface area contributed by atoms with Crippen molar-refractivity contribution < 1.29 is 18.8 Å². The van der Waals surface area contributed by atoms with Crippen LogP contribution in [0, 0.1) is 13.8 Å². The van der Waals surface area contributed by atoms with E-state index >= 15 is 0 Å². The standard InChI is InChI=1S/C22H23BrN2O4/c1-13(17-7-10-21(27-4)20(23)11-17)24-22(26)16-5-8-18(9-6-16)28-12-19-14(2)25-29-15(19)3/h5-11,13H,12H2,1-4H3,(H,24,26). The van der Waals surface area contributed by atoms with Crippen LogP contribution in [0.1, 0.15) is 45.9 Å². The van der Waals surface area contributed by atoms with Gasteiger partial charge in [0.15, 0.2) is 0 Å². The lowest BCUT2D eigenvalue weighted by Gasteiger charge is -2.16. The zero-order valence-corrected chi connectivity index (χ0v) is 18.4. The first-order chi connectivity index (χ1) is 13.9. The maximum Gasteiger partial charge on any atom is 0.251 e. The van der Waals surface area contributed by atoms with Crippen molar-refractivity contribution in [1.82, 2.24) is 10.5 Å². The molecular weight excluding hydrogens is 436 g/mol. The Morgan fingerprint density at radius 3 is 2.52 bits per heavy atom. The molecule has 1 N–H and O–H groups in total. The molecule has 2 aromatic carbocycles. The van der Waals surface area contributed by atoms with E-state index in [1.165, 1.54) is 0 Å². The van der Waals surface area contributed by atoms with Gasteiger partial charge in [0.05, 0.1) is 28.9 Å². The Labute approximate surface area is 178 Å². The molecule has 0 radical (unpaired) electrons. The number of halogens is 1. The monoisotopic (exact) mass is 458 g/mol. The highest BCUT2D eigenvalue weighted by Gasteiger charge is 2.14. The third-order valence-electron chi connectivity index (χ3n) is 4.70. The van der Waals surface area contributed by atoms with E-state index < -0.39 is 0 Å². The third-order valence-corrected chi connectivity index (χ3v) is 5.32. The highest BCUT2D eigenvalue weighted by Crippen LogP contribution is 2.28. The molecule has 0 aliphatic rings. The number of carbonyl (C=O) groups excluding carboxylic acids is 1. The summed E-state index contributed by atoms with van der Waals surface area (Å²) >= 11 is 3.47. The van der Waals surface area contributed by atoms with E-state index in [2.05, 4.69) is 26.4 Å². The number of hydrogen-bond donors (Lipinski definition) is 1. The smallest absolute Gasteiger partial charge is 0.251 e. The number of aryl methyl sites for hydroxylation is 2. The van der Waals surface area contributed by atoms with Crippen molar-refractivity contribution in [2.45, 2.75) is 33.4 Å². The molecule has 1 aromatic heterocycles. The number of rotatable bonds is 7. The van der Waals surface area contributed by atoms with Gasteiger partial charge in [0.1, 0.15) is 23.9 Å². The van der Waals surface area contributed by atoms with Gasteiger partial charge in [0.25, 0.3) is 5.91 Å². The van der Waals surface area contributed by atoms with Crippen molar-refractivity contribution in [3.8, 4) is 11.5 Å². The van der Waals surface area contributed by atoms with Crippen molar-refractivity contribution in [2.24, 2.45) is 0 Å². The van der Waals surface area contributed by atoms with E-state index in [-0.39, 0.29) is 11.9 Å². The molecule has 0 bridgehead atoms. The van der Waals surface area contributed by atoms with Crippen LogP contribution in [-0.2, 0) is 6.61 Å². The lowest BCUT2D eigenvalue weighted by molar-refractivity contribution is 0.0940. The maximum atomic E-state index is 12.6. The summed E-state index contributed by atoms with van der Waals surface area (Å²) in [6.45, 7) is 6.04. The molecule has 0 spiro atoms. The molecule has 0 saturated heterocycles. The van der Waals surface area contributed by atoms with E-state index in [9.17, 15) is 4.79 Å². The van der Waals surface area contributed by atoms with Gasteiger partial charge < -0.3 is 19.3 Å². The fourth-order valence-corrected chi connectivity index (χ4v) is 3.44. The van der Waals surface area contributed by atoms with Crippen LogP contribution >= 0.6 is 15.9 Å². The Morgan fingerprint density at radius 1 is 1.21 bits per heavy atom. The van der Waals surface area contributed by atoms with Crippen molar-refractivity contribution >= 4 is 21.8 Å². The zero-order chi connectivity index (χ0) is 21.0. The molecule has 0 saturated carbocycles. The summed E-state index contributed by atoms with van der Waals surface area (Å²) in [5.74, 6) is 2.02. The van der Waals surface area contributed by atoms with Crippen LogP contribution < -0.4 is 14.8 Å². The number of methoxy groups -OCH3 is 1. The summed E-state index contributed by atoms with van der Waals surface area (Å²) in [5, 5.41) is 6.92. The average molecular weight is 459 g/mol. The summed E-state index contributed by atoms with van der Waals surface area (Å²) in [6, 6.07) is 12.6. The van der Waals surface area contributed by atoms with Crippen molar-refractivity contribution in [1.29, 1.82) is 0 Å². The van der Waals surface area contributed by atoms with E-state index in [0.717, 1.165) is 32.8 Å². The Kier molecular flexibility index (Phi) is 6.59. The van der Waals surface area contributed by atoms with E-state index in [4.69, 9.17) is 14.0 Å². The number of carbonyl (C=O) groups is 1. The van der Waals surface area contributed by atoms with Crippen molar-refractivity contribution in [2.75, 3.05) is 7.11 Å². The van der Waals surface area contributed by atoms with Gasteiger partial charge in [0.2, 0.25) is 0 Å². The Hall–Kier alpha value is -2.80. The van der Waals surface area contributed by atoms with Crippen molar-refractivity contribution in [3.63, 3.8) is 0 Å². The van der Waals surface area contributed by atoms with Gasteiger partial charge in [-0.1, -0.05) is 11.2 Å². The minimum atomic E-state index is -0.153. The lowest BCUT2D eigenvalue weighted by Crippen LogP contribution is -2.26. The zero-order valence-electron chi connectivity index (χ0n) is 16.8. The van der Waals surface area contributed by atoms with Gasteiger partial charge in [-0.05, 0) is 78.7 Å². The van der Waals surface area contributed by atoms with Gasteiger partial charge in [-0.25, -0.2) is 0 Å². The molecule has 0 aliphatic heterocycles. The molecule has 7 heteroatoms. The second-order valence-corrected chi connectivity index (χ2v) is 7.56. The van der Waals surface area contributed by atoms with E-state index in [1.54, 1.807) is 31.4 Å². The van der Waals surface area contributed by atoms with Crippen LogP contribution in [0.4, 0.5) is 0 Å². The summed E-state index contributed by atoms with van der Waals surface area (Å²) in [6.07, 6.45) is 0. The number of amides is 1. The number of benzene rings is 2. The molecule has 29 heavy (non-hydrogen) atoms. The fraction of sp³-hybridized carbons (Fsp3) is 0.273. The molecule has 3 rings (SSSR count). The lowest BCUT2D eigenvalue weighted by atomic mass is 10.1. The first-order valence-corrected chi connectivity index (χ1v) is 9.97. The van der Waals surface area contributed by atoms with Crippen LogP contribution in [0.15, 0.2) is 51.5 Å². The predicted octanol–water partition coefficient (Wildman–Crippen LogP) is 5.13. The van der Waals surface area contributed by atoms with Crippen molar-refractivity contribution in [3.05, 3.63) is 75.1 Å². The average Bonchev–Trinajstić information content (AvgIpc) is 3.04. The van der Waals surface area contributed by atoms with Crippen LogP contribution in [-0.4, -0.2) is 18.2 Å². The molecule has 3 aromatic rings. The van der Waals surface area contributed by atoms with Gasteiger partial charge in [0, 0.05) is 5.56 Å². The maximum absolute atomic E-state index is 12.6. The second kappa shape index (κ2) is 9.13. The normalized spacial score (nSPS) is 11.8. The first kappa shape index (κ1) is 20.9. The largest absolute Gasteiger partial charge is 0.496 e. The highest BCUT2D eigenvalue weighted by molar-refractivity contribution is 9.10. The van der Waals surface area contributed by atoms with E-state index in [1.807, 2.05) is 39.0 Å². The first-order valence-electron chi connectivity index (χ1n) is 9.18.